The molecule has 4 rings (SSSR count). The lowest BCUT2D eigenvalue weighted by atomic mass is 10.1. The third-order valence-corrected chi connectivity index (χ3v) is 6.58. The van der Waals surface area contributed by atoms with Gasteiger partial charge in [-0.05, 0) is 36.4 Å². The van der Waals surface area contributed by atoms with Crippen molar-refractivity contribution < 1.29 is 26.3 Å². The molecule has 0 spiro atoms. The first-order valence-corrected chi connectivity index (χ1v) is 11.7. The third kappa shape index (κ3) is 5.29. The highest BCUT2D eigenvalue weighted by atomic mass is 35.5. The minimum atomic E-state index is -4.93. The molecular formula is C23H14ClF3N4O3S. The summed E-state index contributed by atoms with van der Waals surface area (Å²) in [6.07, 6.45) is -7.49. The van der Waals surface area contributed by atoms with Crippen LogP contribution in [-0.2, 0) is 10.0 Å². The van der Waals surface area contributed by atoms with Gasteiger partial charge in [-0.3, -0.25) is 4.72 Å². The van der Waals surface area contributed by atoms with Crippen molar-refractivity contribution in [3.05, 3.63) is 88.9 Å². The van der Waals surface area contributed by atoms with E-state index in [9.17, 15) is 21.6 Å². The van der Waals surface area contributed by atoms with Gasteiger partial charge in [-0.15, -0.1) is 0 Å². The number of fused-ring (bicyclic) bond motifs is 1. The van der Waals surface area contributed by atoms with Crippen LogP contribution in [0.3, 0.4) is 0 Å². The fourth-order valence-electron chi connectivity index (χ4n) is 3.18. The number of hydrogen-bond donors (Lipinski definition) is 1. The van der Waals surface area contributed by atoms with Crippen LogP contribution in [0.4, 0.5) is 19.0 Å². The Balaban J connectivity index is 1.83. The first-order valence-electron chi connectivity index (χ1n) is 9.86. The number of rotatable bonds is 6. The maximum atomic E-state index is 14.0. The van der Waals surface area contributed by atoms with E-state index in [2.05, 4.69) is 14.7 Å². The van der Waals surface area contributed by atoms with E-state index in [0.29, 0.717) is 0 Å². The van der Waals surface area contributed by atoms with Crippen LogP contribution in [0.25, 0.3) is 11.0 Å². The normalized spacial score (nSPS) is 12.7. The van der Waals surface area contributed by atoms with Crippen molar-refractivity contribution in [1.82, 2.24) is 9.97 Å². The molecule has 1 atom stereocenters. The van der Waals surface area contributed by atoms with Gasteiger partial charge in [0, 0.05) is 5.56 Å². The number of nitrogens with zero attached hydrogens (tertiary/aromatic N) is 3. The number of para-hydroxylation sites is 2. The molecule has 0 bridgehead atoms. The first kappa shape index (κ1) is 24.3. The smallest absolute Gasteiger partial charge is 0.429 e. The maximum Gasteiger partial charge on any atom is 0.429 e. The molecule has 1 N–H and O–H groups in total. The highest BCUT2D eigenvalue weighted by Crippen LogP contribution is 2.39. The highest BCUT2D eigenvalue weighted by Gasteiger charge is 2.44. The van der Waals surface area contributed by atoms with Gasteiger partial charge in [0.15, 0.2) is 0 Å². The van der Waals surface area contributed by atoms with Gasteiger partial charge in [0.25, 0.3) is 15.9 Å². The number of alkyl halides is 3. The van der Waals surface area contributed by atoms with Gasteiger partial charge in [0.1, 0.15) is 4.90 Å². The number of nitrogens with one attached hydrogen (secondary N) is 1. The third-order valence-electron chi connectivity index (χ3n) is 4.74. The Bertz CT molecular complexity index is 1560. The molecule has 0 aliphatic heterocycles. The minimum absolute atomic E-state index is 0.00964. The predicted molar refractivity (Wildman–Crippen MR) is 122 cm³/mol. The molecule has 1 aromatic heterocycles. The zero-order valence-corrected chi connectivity index (χ0v) is 19.1. The molecule has 35 heavy (non-hydrogen) atoms. The molecule has 0 aliphatic rings. The van der Waals surface area contributed by atoms with Crippen LogP contribution < -0.4 is 9.46 Å². The van der Waals surface area contributed by atoms with Crippen LogP contribution in [0.5, 0.6) is 5.88 Å². The lowest BCUT2D eigenvalue weighted by Crippen LogP contribution is -2.27. The van der Waals surface area contributed by atoms with Crippen LogP contribution in [0.1, 0.15) is 17.2 Å². The zero-order chi connectivity index (χ0) is 25.2. The summed E-state index contributed by atoms with van der Waals surface area (Å²) in [5.74, 6) is -1.27. The largest absolute Gasteiger partial charge is 0.457 e. The van der Waals surface area contributed by atoms with Crippen molar-refractivity contribution in [2.24, 2.45) is 0 Å². The van der Waals surface area contributed by atoms with Crippen LogP contribution in [0.2, 0.25) is 5.02 Å². The Kier molecular flexibility index (Phi) is 6.51. The zero-order valence-electron chi connectivity index (χ0n) is 17.5. The highest BCUT2D eigenvalue weighted by molar-refractivity contribution is 7.92. The first-order chi connectivity index (χ1) is 16.6. The summed E-state index contributed by atoms with van der Waals surface area (Å²) in [4.78, 5) is 7.92. The summed E-state index contributed by atoms with van der Waals surface area (Å²) in [6.45, 7) is 0. The van der Waals surface area contributed by atoms with Crippen molar-refractivity contribution in [3.8, 4) is 11.9 Å². The second-order valence-electron chi connectivity index (χ2n) is 7.18. The molecule has 178 valence electrons. The fourth-order valence-corrected chi connectivity index (χ4v) is 4.70. The number of benzene rings is 3. The Morgan fingerprint density at radius 3 is 2.29 bits per heavy atom. The average molecular weight is 519 g/mol. The Labute approximate surface area is 202 Å². The second-order valence-corrected chi connectivity index (χ2v) is 9.24. The van der Waals surface area contributed by atoms with E-state index in [0.717, 1.165) is 12.1 Å². The molecule has 3 aromatic carbocycles. The van der Waals surface area contributed by atoms with Gasteiger partial charge in [0.2, 0.25) is 11.9 Å². The van der Waals surface area contributed by atoms with Gasteiger partial charge < -0.3 is 4.74 Å². The molecule has 1 heterocycles. The molecule has 0 aliphatic carbocycles. The van der Waals surface area contributed by atoms with Crippen LogP contribution in [-0.4, -0.2) is 24.6 Å². The summed E-state index contributed by atoms with van der Waals surface area (Å²) in [5, 5.41) is 8.98. The SMILES string of the molecule is N#Cc1cccc(C(Oc2nc3ccccc3nc2NS(=O)(=O)c2ccccc2Cl)C(F)(F)F)c1. The lowest BCUT2D eigenvalue weighted by molar-refractivity contribution is -0.198. The number of anilines is 1. The summed E-state index contributed by atoms with van der Waals surface area (Å²) >= 11 is 6.00. The van der Waals surface area contributed by atoms with Gasteiger partial charge in [-0.25, -0.2) is 18.4 Å². The van der Waals surface area contributed by atoms with Crippen LogP contribution >= 0.6 is 11.6 Å². The lowest BCUT2D eigenvalue weighted by Gasteiger charge is -2.23. The van der Waals surface area contributed by atoms with Crippen molar-refractivity contribution in [3.63, 3.8) is 0 Å². The molecule has 0 radical (unpaired) electrons. The number of halogens is 4. The van der Waals surface area contributed by atoms with Gasteiger partial charge >= 0.3 is 6.18 Å². The molecule has 0 saturated heterocycles. The summed E-state index contributed by atoms with van der Waals surface area (Å²) < 4.78 is 75.4. The van der Waals surface area contributed by atoms with E-state index < -0.39 is 34.0 Å². The molecule has 0 saturated carbocycles. The number of nitriles is 1. The summed E-state index contributed by atoms with van der Waals surface area (Å²) in [7, 11) is -4.37. The van der Waals surface area contributed by atoms with Crippen LogP contribution in [0, 0.1) is 11.3 Å². The Morgan fingerprint density at radius 1 is 0.971 bits per heavy atom. The molecular weight excluding hydrogens is 505 g/mol. The number of aromatic nitrogens is 2. The topological polar surface area (TPSA) is 105 Å². The molecule has 7 nitrogen and oxygen atoms in total. The van der Waals surface area contributed by atoms with Crippen molar-refractivity contribution in [2.75, 3.05) is 4.72 Å². The van der Waals surface area contributed by atoms with Gasteiger partial charge in [-0.1, -0.05) is 48.0 Å². The van der Waals surface area contributed by atoms with Crippen molar-refractivity contribution in [1.29, 1.82) is 5.26 Å². The molecule has 0 amide bonds. The molecule has 4 aromatic rings. The molecule has 1 unspecified atom stereocenters. The van der Waals surface area contributed by atoms with E-state index in [4.69, 9.17) is 21.6 Å². The fraction of sp³-hybridized carbons (Fsp3) is 0.0870. The molecule has 0 fully saturated rings. The quantitative estimate of drug-likeness (QED) is 0.354. The van der Waals surface area contributed by atoms with E-state index >= 15 is 0 Å². The average Bonchev–Trinajstić information content (AvgIpc) is 2.81. The second kappa shape index (κ2) is 9.40. The number of ether oxygens (including phenoxy) is 1. The van der Waals surface area contributed by atoms with E-state index in [1.165, 1.54) is 48.5 Å². The molecule has 12 heteroatoms. The van der Waals surface area contributed by atoms with Crippen molar-refractivity contribution in [2.45, 2.75) is 17.2 Å². The monoisotopic (exact) mass is 518 g/mol. The maximum absolute atomic E-state index is 14.0. The number of hydrogen-bond acceptors (Lipinski definition) is 6. The predicted octanol–water partition coefficient (Wildman–Crippen LogP) is 5.64. The number of sulfonamides is 1. The Morgan fingerprint density at radius 2 is 1.63 bits per heavy atom. The minimum Gasteiger partial charge on any atom is -0.457 e. The van der Waals surface area contributed by atoms with Crippen molar-refractivity contribution >= 4 is 38.5 Å². The standard InChI is InChI=1S/C23H14ClF3N4O3S/c24-16-8-1-4-11-19(16)35(32,33)31-21-22(30-18-10-3-2-9-17(18)29-21)34-20(23(25,26)27)15-7-5-6-14(12-15)13-28/h1-12,20H,(H,29,31). The van der Waals surface area contributed by atoms with E-state index in [-0.39, 0.29) is 32.1 Å². The van der Waals surface area contributed by atoms with Crippen LogP contribution in [0.15, 0.2) is 77.7 Å². The van der Waals surface area contributed by atoms with E-state index in [1.807, 2.05) is 0 Å². The van der Waals surface area contributed by atoms with Gasteiger partial charge in [0.05, 0.1) is 27.7 Å². The van der Waals surface area contributed by atoms with Gasteiger partial charge in [-0.2, -0.15) is 18.4 Å². The van der Waals surface area contributed by atoms with E-state index in [1.54, 1.807) is 18.2 Å². The summed E-state index contributed by atoms with van der Waals surface area (Å²) in [5.41, 5.74) is 0.0117. The Hall–Kier alpha value is -3.88. The summed E-state index contributed by atoms with van der Waals surface area (Å²) in [6, 6.07) is 18.3.